The number of aryl methyl sites for hydroxylation is 1. The van der Waals surface area contributed by atoms with E-state index in [0.717, 1.165) is 27.4 Å². The van der Waals surface area contributed by atoms with E-state index < -0.39 is 11.7 Å². The number of hydrogen-bond acceptors (Lipinski definition) is 7. The average molecular weight is 611 g/mol. The van der Waals surface area contributed by atoms with Gasteiger partial charge in [-0.2, -0.15) is 5.10 Å². The zero-order chi connectivity index (χ0) is 29.8. The minimum Gasteiger partial charge on any atom is -0.345 e. The number of carbonyl (C=O) groups is 2. The average Bonchev–Trinajstić information content (AvgIpc) is 3.80. The molecule has 1 aliphatic rings. The zero-order valence-corrected chi connectivity index (χ0v) is 24.8. The van der Waals surface area contributed by atoms with E-state index in [2.05, 4.69) is 27.6 Å². The molecule has 3 aromatic carbocycles. The number of hydrogen-bond donors (Lipinski definition) is 1. The maximum atomic E-state index is 13.7. The lowest BCUT2D eigenvalue weighted by atomic mass is 10.00. The third-order valence-corrected chi connectivity index (χ3v) is 8.80. The predicted octanol–water partition coefficient (Wildman–Crippen LogP) is 6.18. The summed E-state index contributed by atoms with van der Waals surface area (Å²) >= 11 is 2.87. The summed E-state index contributed by atoms with van der Waals surface area (Å²) in [5.41, 5.74) is 4.07. The van der Waals surface area contributed by atoms with Crippen LogP contribution in [0.5, 0.6) is 0 Å². The minimum atomic E-state index is -0.488. The summed E-state index contributed by atoms with van der Waals surface area (Å²) in [6.07, 6.45) is 0.634. The van der Waals surface area contributed by atoms with Crippen molar-refractivity contribution in [1.29, 1.82) is 0 Å². The van der Waals surface area contributed by atoms with Gasteiger partial charge in [-0.1, -0.05) is 71.9 Å². The van der Waals surface area contributed by atoms with Crippen LogP contribution in [0.1, 0.15) is 44.6 Å². The van der Waals surface area contributed by atoms with Gasteiger partial charge in [-0.15, -0.1) is 21.5 Å². The number of halogens is 1. The van der Waals surface area contributed by atoms with Crippen LogP contribution in [0.15, 0.2) is 107 Å². The lowest BCUT2D eigenvalue weighted by molar-refractivity contribution is -0.130. The summed E-state index contributed by atoms with van der Waals surface area (Å²) < 4.78 is 15.4. The Morgan fingerprint density at radius 1 is 1.00 bits per heavy atom. The number of aromatic nitrogens is 3. The van der Waals surface area contributed by atoms with Gasteiger partial charge in [-0.05, 0) is 54.3 Å². The molecule has 0 saturated heterocycles. The summed E-state index contributed by atoms with van der Waals surface area (Å²) in [6, 6.07) is 27.0. The van der Waals surface area contributed by atoms with Gasteiger partial charge in [-0.3, -0.25) is 14.2 Å². The van der Waals surface area contributed by atoms with Crippen LogP contribution in [0, 0.1) is 12.7 Å². The molecule has 8 nitrogen and oxygen atoms in total. The first kappa shape index (κ1) is 28.5. The molecule has 2 amide bonds. The Balaban J connectivity index is 1.22. The molecule has 216 valence electrons. The van der Waals surface area contributed by atoms with Gasteiger partial charge in [0.2, 0.25) is 0 Å². The Morgan fingerprint density at radius 3 is 2.56 bits per heavy atom. The monoisotopic (exact) mass is 610 g/mol. The van der Waals surface area contributed by atoms with E-state index in [1.54, 1.807) is 22.4 Å². The topological polar surface area (TPSA) is 92.5 Å². The molecule has 1 aliphatic heterocycles. The highest BCUT2D eigenvalue weighted by Gasteiger charge is 2.33. The van der Waals surface area contributed by atoms with Gasteiger partial charge in [-0.25, -0.2) is 9.40 Å². The first-order valence-corrected chi connectivity index (χ1v) is 15.5. The quantitative estimate of drug-likeness (QED) is 0.201. The van der Waals surface area contributed by atoms with Gasteiger partial charge in [0.15, 0.2) is 11.0 Å². The van der Waals surface area contributed by atoms with Crippen LogP contribution in [0.2, 0.25) is 0 Å². The number of rotatable bonds is 9. The van der Waals surface area contributed by atoms with E-state index in [9.17, 15) is 14.0 Å². The van der Waals surface area contributed by atoms with Gasteiger partial charge in [0.1, 0.15) is 5.82 Å². The van der Waals surface area contributed by atoms with E-state index in [-0.39, 0.29) is 29.8 Å². The van der Waals surface area contributed by atoms with Crippen molar-refractivity contribution in [1.82, 2.24) is 25.1 Å². The van der Waals surface area contributed by atoms with Crippen molar-refractivity contribution in [2.45, 2.75) is 31.1 Å². The molecule has 0 aliphatic carbocycles. The predicted molar refractivity (Wildman–Crippen MR) is 166 cm³/mol. The molecule has 1 atom stereocenters. The van der Waals surface area contributed by atoms with Crippen molar-refractivity contribution >= 4 is 40.6 Å². The standard InChI is InChI=1S/C32H27FN6O2S2/c1-21-12-14-22(15-13-21)27-18-26(28-11-6-16-42-28)37-39(27)30(40)20-43-32-36-35-29(38(32)25-9-3-2-4-10-25)19-34-31(41)23-7-5-8-24(33)17-23/h2-17,27H,18-20H2,1H3,(H,34,41)/t27-/m1/s1. The number of benzene rings is 3. The Kier molecular flexibility index (Phi) is 8.43. The van der Waals surface area contributed by atoms with Gasteiger partial charge >= 0.3 is 0 Å². The Labute approximate surface area is 256 Å². The number of nitrogens with zero attached hydrogens (tertiary/aromatic N) is 5. The smallest absolute Gasteiger partial charge is 0.253 e. The number of thioether (sulfide) groups is 1. The molecule has 0 radical (unpaired) electrons. The van der Waals surface area contributed by atoms with Gasteiger partial charge < -0.3 is 5.32 Å². The van der Waals surface area contributed by atoms with Crippen molar-refractivity contribution in [2.24, 2.45) is 5.10 Å². The molecule has 1 N–H and O–H groups in total. The first-order chi connectivity index (χ1) is 21.0. The number of nitrogens with one attached hydrogen (secondary N) is 1. The molecule has 6 rings (SSSR count). The highest BCUT2D eigenvalue weighted by molar-refractivity contribution is 7.99. The summed E-state index contributed by atoms with van der Waals surface area (Å²) in [5.74, 6) is -0.502. The molecule has 0 unspecified atom stereocenters. The van der Waals surface area contributed by atoms with E-state index >= 15 is 0 Å². The third kappa shape index (κ3) is 6.42. The number of amides is 2. The minimum absolute atomic E-state index is 0.0574. The summed E-state index contributed by atoms with van der Waals surface area (Å²) in [6.45, 7) is 2.09. The maximum absolute atomic E-state index is 13.7. The number of carbonyl (C=O) groups excluding carboxylic acids is 2. The first-order valence-electron chi connectivity index (χ1n) is 13.6. The molecular weight excluding hydrogens is 584 g/mol. The Bertz CT molecular complexity index is 1770. The fourth-order valence-corrected chi connectivity index (χ4v) is 6.35. The molecule has 11 heteroatoms. The summed E-state index contributed by atoms with van der Waals surface area (Å²) in [5, 5.41) is 20.3. The lowest BCUT2D eigenvalue weighted by Gasteiger charge is -2.22. The largest absolute Gasteiger partial charge is 0.345 e. The van der Waals surface area contributed by atoms with Gasteiger partial charge in [0, 0.05) is 17.7 Å². The van der Waals surface area contributed by atoms with E-state index in [1.807, 2.05) is 71.5 Å². The highest BCUT2D eigenvalue weighted by atomic mass is 32.2. The van der Waals surface area contributed by atoms with Crippen LogP contribution < -0.4 is 5.32 Å². The van der Waals surface area contributed by atoms with Crippen molar-refractivity contribution in [3.05, 3.63) is 130 Å². The van der Waals surface area contributed by atoms with Crippen molar-refractivity contribution < 1.29 is 14.0 Å². The molecule has 0 saturated carbocycles. The zero-order valence-electron chi connectivity index (χ0n) is 23.2. The fraction of sp³-hybridized carbons (Fsp3) is 0.156. The molecule has 3 heterocycles. The molecular formula is C32H27FN6O2S2. The van der Waals surface area contributed by atoms with Crippen molar-refractivity contribution in [3.63, 3.8) is 0 Å². The van der Waals surface area contributed by atoms with Crippen molar-refractivity contribution in [2.75, 3.05) is 5.75 Å². The second-order valence-corrected chi connectivity index (χ2v) is 11.8. The third-order valence-electron chi connectivity index (χ3n) is 6.97. The fourth-order valence-electron chi connectivity index (χ4n) is 4.81. The van der Waals surface area contributed by atoms with Crippen LogP contribution in [0.25, 0.3) is 5.69 Å². The maximum Gasteiger partial charge on any atom is 0.253 e. The molecule has 2 aromatic heterocycles. The van der Waals surface area contributed by atoms with Gasteiger partial charge in [0.05, 0.1) is 28.9 Å². The molecule has 0 fully saturated rings. The lowest BCUT2D eigenvalue weighted by Crippen LogP contribution is -2.28. The van der Waals surface area contributed by atoms with Crippen molar-refractivity contribution in [3.8, 4) is 5.69 Å². The van der Waals surface area contributed by atoms with Crippen LogP contribution >= 0.6 is 23.1 Å². The molecule has 0 spiro atoms. The summed E-state index contributed by atoms with van der Waals surface area (Å²) in [7, 11) is 0. The number of hydrazone groups is 1. The normalized spacial score (nSPS) is 14.5. The second kappa shape index (κ2) is 12.7. The molecule has 5 aromatic rings. The van der Waals surface area contributed by atoms with E-state index in [0.29, 0.717) is 17.4 Å². The second-order valence-electron chi connectivity index (χ2n) is 9.94. The molecule has 43 heavy (non-hydrogen) atoms. The number of para-hydroxylation sites is 1. The Morgan fingerprint density at radius 2 is 1.81 bits per heavy atom. The van der Waals surface area contributed by atoms with Gasteiger partial charge in [0.25, 0.3) is 11.8 Å². The van der Waals surface area contributed by atoms with Crippen LogP contribution in [-0.2, 0) is 11.3 Å². The highest BCUT2D eigenvalue weighted by Crippen LogP contribution is 2.35. The van der Waals surface area contributed by atoms with E-state index in [4.69, 9.17) is 5.10 Å². The number of thiophene rings is 1. The molecule has 0 bridgehead atoms. The Hall–Kier alpha value is -4.61. The van der Waals surface area contributed by atoms with Crippen LogP contribution in [0.3, 0.4) is 0 Å². The summed E-state index contributed by atoms with van der Waals surface area (Å²) in [4.78, 5) is 27.4. The van der Waals surface area contributed by atoms with Crippen LogP contribution in [0.4, 0.5) is 4.39 Å². The SMILES string of the molecule is Cc1ccc([C@H]2CC(c3cccs3)=NN2C(=O)CSc2nnc(CNC(=O)c3cccc(F)c3)n2-c2ccccc2)cc1. The van der Waals surface area contributed by atoms with Crippen LogP contribution in [-0.4, -0.2) is 43.1 Å². The van der Waals surface area contributed by atoms with E-state index in [1.165, 1.54) is 30.0 Å².